The number of nitrogens with one attached hydrogen (secondary N) is 1. The number of hydrogen-bond donors (Lipinski definition) is 2. The molecule has 0 saturated carbocycles. The van der Waals surface area contributed by atoms with Gasteiger partial charge in [-0.3, -0.25) is 14.6 Å². The molecule has 0 aliphatic carbocycles. The SMILES string of the molecule is CC(C)c1cc(NC(=O)c2ccc(Oc3ccccc3)cc2)c(C(=O)O)cc1CN1CCN(COc2cccc(C(F)(F)F)c2)CC1. The lowest BCUT2D eigenvalue weighted by Gasteiger charge is -2.35. The number of hydrogen-bond acceptors (Lipinski definition) is 6. The number of benzene rings is 4. The highest BCUT2D eigenvalue weighted by molar-refractivity contribution is 6.08. The first-order chi connectivity index (χ1) is 22.5. The van der Waals surface area contributed by atoms with Gasteiger partial charge in [0.05, 0.1) is 16.8 Å². The molecule has 1 aliphatic rings. The Hall–Kier alpha value is -4.87. The third-order valence-corrected chi connectivity index (χ3v) is 7.91. The number of halogens is 3. The maximum absolute atomic E-state index is 13.2. The summed E-state index contributed by atoms with van der Waals surface area (Å²) < 4.78 is 50.5. The minimum atomic E-state index is -4.44. The van der Waals surface area contributed by atoms with E-state index in [0.29, 0.717) is 49.8 Å². The quantitative estimate of drug-likeness (QED) is 0.172. The molecule has 5 rings (SSSR count). The zero-order chi connectivity index (χ0) is 33.6. The van der Waals surface area contributed by atoms with Gasteiger partial charge in [0.25, 0.3) is 5.91 Å². The van der Waals surface area contributed by atoms with E-state index in [0.717, 1.165) is 23.3 Å². The number of carbonyl (C=O) groups excluding carboxylic acids is 1. The number of aromatic carboxylic acids is 1. The van der Waals surface area contributed by atoms with Crippen molar-refractivity contribution in [1.29, 1.82) is 0 Å². The summed E-state index contributed by atoms with van der Waals surface area (Å²) in [4.78, 5) is 29.7. The lowest BCUT2D eigenvalue weighted by atomic mass is 9.93. The summed E-state index contributed by atoms with van der Waals surface area (Å²) in [5, 5.41) is 12.9. The van der Waals surface area contributed by atoms with Gasteiger partial charge in [-0.2, -0.15) is 13.2 Å². The van der Waals surface area contributed by atoms with E-state index in [4.69, 9.17) is 9.47 Å². The topological polar surface area (TPSA) is 91.3 Å². The predicted molar refractivity (Wildman–Crippen MR) is 172 cm³/mol. The lowest BCUT2D eigenvalue weighted by Crippen LogP contribution is -2.47. The third-order valence-electron chi connectivity index (χ3n) is 7.91. The molecular weight excluding hydrogens is 611 g/mol. The number of ether oxygens (including phenoxy) is 2. The summed E-state index contributed by atoms with van der Waals surface area (Å²) in [6.45, 7) is 7.28. The van der Waals surface area contributed by atoms with Crippen molar-refractivity contribution in [2.45, 2.75) is 32.5 Å². The van der Waals surface area contributed by atoms with Crippen molar-refractivity contribution in [3.63, 3.8) is 0 Å². The Morgan fingerprint density at radius 3 is 2.11 bits per heavy atom. The minimum absolute atomic E-state index is 0.00472. The molecular formula is C36H36F3N3O5. The molecule has 1 heterocycles. The molecule has 8 nitrogen and oxygen atoms in total. The second-order valence-electron chi connectivity index (χ2n) is 11.6. The van der Waals surface area contributed by atoms with Crippen molar-refractivity contribution in [2.75, 3.05) is 38.2 Å². The molecule has 0 bridgehead atoms. The lowest BCUT2D eigenvalue weighted by molar-refractivity contribution is -0.137. The molecule has 0 unspecified atom stereocenters. The predicted octanol–water partition coefficient (Wildman–Crippen LogP) is 7.73. The fourth-order valence-corrected chi connectivity index (χ4v) is 5.35. The highest BCUT2D eigenvalue weighted by atomic mass is 19.4. The molecule has 246 valence electrons. The molecule has 1 aliphatic heterocycles. The van der Waals surface area contributed by atoms with Crippen molar-refractivity contribution < 1.29 is 37.3 Å². The number of anilines is 1. The number of piperazine rings is 1. The number of carboxylic acids is 1. The van der Waals surface area contributed by atoms with Crippen LogP contribution in [0.4, 0.5) is 18.9 Å². The molecule has 11 heteroatoms. The van der Waals surface area contributed by atoms with E-state index in [-0.39, 0.29) is 29.6 Å². The minimum Gasteiger partial charge on any atom is -0.478 e. The Balaban J connectivity index is 1.22. The van der Waals surface area contributed by atoms with Gasteiger partial charge in [-0.15, -0.1) is 0 Å². The van der Waals surface area contributed by atoms with Gasteiger partial charge in [0.1, 0.15) is 24.0 Å². The zero-order valence-electron chi connectivity index (χ0n) is 26.1. The molecule has 4 aromatic rings. The second-order valence-corrected chi connectivity index (χ2v) is 11.6. The number of alkyl halides is 3. The van der Waals surface area contributed by atoms with E-state index < -0.39 is 23.6 Å². The Bertz CT molecular complexity index is 1690. The largest absolute Gasteiger partial charge is 0.478 e. The van der Waals surface area contributed by atoms with E-state index in [1.165, 1.54) is 12.1 Å². The summed E-state index contributed by atoms with van der Waals surface area (Å²) >= 11 is 0. The molecule has 1 saturated heterocycles. The van der Waals surface area contributed by atoms with Crippen molar-refractivity contribution in [2.24, 2.45) is 0 Å². The van der Waals surface area contributed by atoms with Crippen LogP contribution in [0.2, 0.25) is 0 Å². The standard InChI is InChI=1S/C36H36F3N3O5/c1-24(2)31-21-33(40-34(43)25-11-13-29(14-12-25)47-28-8-4-3-5-9-28)32(35(44)45)19-26(31)22-41-15-17-42(18-16-41)23-46-30-10-6-7-27(20-30)36(37,38)39/h3-14,19-21,24H,15-18,22-23H2,1-2H3,(H,40,43)(H,44,45). The molecule has 0 radical (unpaired) electrons. The van der Waals surface area contributed by atoms with Gasteiger partial charge in [0, 0.05) is 38.3 Å². The summed E-state index contributed by atoms with van der Waals surface area (Å²) in [6.07, 6.45) is -4.44. The molecule has 0 spiro atoms. The number of nitrogens with zero attached hydrogens (tertiary/aromatic N) is 2. The highest BCUT2D eigenvalue weighted by Crippen LogP contribution is 2.32. The van der Waals surface area contributed by atoms with Crippen LogP contribution in [0.3, 0.4) is 0 Å². The first kappa shape index (κ1) is 33.5. The van der Waals surface area contributed by atoms with Crippen LogP contribution in [0.15, 0.2) is 91.0 Å². The summed E-state index contributed by atoms with van der Waals surface area (Å²) in [7, 11) is 0. The van der Waals surface area contributed by atoms with E-state index in [2.05, 4.69) is 10.2 Å². The Morgan fingerprint density at radius 2 is 1.47 bits per heavy atom. The Labute approximate surface area is 271 Å². The third kappa shape index (κ3) is 8.90. The maximum atomic E-state index is 13.2. The molecule has 0 aromatic heterocycles. The van der Waals surface area contributed by atoms with Gasteiger partial charge in [0.15, 0.2) is 0 Å². The Morgan fingerprint density at radius 1 is 0.830 bits per heavy atom. The molecule has 1 fully saturated rings. The van der Waals surface area contributed by atoms with Crippen LogP contribution in [-0.4, -0.2) is 59.7 Å². The van der Waals surface area contributed by atoms with Crippen LogP contribution in [0.1, 0.15) is 57.2 Å². The van der Waals surface area contributed by atoms with Gasteiger partial charge in [-0.25, -0.2) is 4.79 Å². The smallest absolute Gasteiger partial charge is 0.416 e. The number of para-hydroxylation sites is 1. The number of carbonyl (C=O) groups is 2. The first-order valence-corrected chi connectivity index (χ1v) is 15.3. The van der Waals surface area contributed by atoms with Crippen LogP contribution in [0.5, 0.6) is 17.2 Å². The van der Waals surface area contributed by atoms with Crippen LogP contribution < -0.4 is 14.8 Å². The van der Waals surface area contributed by atoms with E-state index >= 15 is 0 Å². The van der Waals surface area contributed by atoms with E-state index in [1.807, 2.05) is 49.1 Å². The van der Waals surface area contributed by atoms with E-state index in [9.17, 15) is 27.9 Å². The monoisotopic (exact) mass is 647 g/mol. The Kier molecular flexibility index (Phi) is 10.5. The summed E-state index contributed by atoms with van der Waals surface area (Å²) in [5.74, 6) is -0.146. The van der Waals surface area contributed by atoms with Gasteiger partial charge < -0.3 is 19.9 Å². The second kappa shape index (κ2) is 14.7. The van der Waals surface area contributed by atoms with Crippen LogP contribution >= 0.6 is 0 Å². The van der Waals surface area contributed by atoms with E-state index in [1.54, 1.807) is 36.4 Å². The first-order valence-electron chi connectivity index (χ1n) is 15.3. The van der Waals surface area contributed by atoms with Gasteiger partial charge in [-0.1, -0.05) is 38.1 Å². The molecule has 0 atom stereocenters. The number of rotatable bonds is 11. The fourth-order valence-electron chi connectivity index (χ4n) is 5.35. The molecule has 2 N–H and O–H groups in total. The van der Waals surface area contributed by atoms with Crippen molar-refractivity contribution in [1.82, 2.24) is 9.80 Å². The normalized spacial score (nSPS) is 14.2. The van der Waals surface area contributed by atoms with Gasteiger partial charge in [0.2, 0.25) is 0 Å². The van der Waals surface area contributed by atoms with Crippen LogP contribution in [0, 0.1) is 0 Å². The van der Waals surface area contributed by atoms with Crippen molar-refractivity contribution >= 4 is 17.6 Å². The summed E-state index contributed by atoms with van der Waals surface area (Å²) in [5.41, 5.74) is 1.59. The van der Waals surface area contributed by atoms with Crippen molar-refractivity contribution in [3.05, 3.63) is 119 Å². The molecule has 47 heavy (non-hydrogen) atoms. The fraction of sp³-hybridized carbons (Fsp3) is 0.278. The highest BCUT2D eigenvalue weighted by Gasteiger charge is 2.30. The number of carboxylic acid groups (broad SMARTS) is 1. The van der Waals surface area contributed by atoms with Crippen molar-refractivity contribution in [3.8, 4) is 17.2 Å². The number of amides is 1. The van der Waals surface area contributed by atoms with Crippen LogP contribution in [0.25, 0.3) is 0 Å². The molecule has 4 aromatic carbocycles. The average molecular weight is 648 g/mol. The zero-order valence-corrected chi connectivity index (χ0v) is 26.1. The average Bonchev–Trinajstić information content (AvgIpc) is 3.05. The van der Waals surface area contributed by atoms with Crippen LogP contribution in [-0.2, 0) is 12.7 Å². The maximum Gasteiger partial charge on any atom is 0.416 e. The van der Waals surface area contributed by atoms with Gasteiger partial charge in [-0.05, 0) is 83.8 Å². The summed E-state index contributed by atoms with van der Waals surface area (Å²) in [6, 6.07) is 24.1. The van der Waals surface area contributed by atoms with Gasteiger partial charge >= 0.3 is 12.1 Å². The molecule has 1 amide bonds.